The SMILES string of the molecule is COc1ccc(C(N)C(N)c2ccc(CO)cc2)cc1. The Morgan fingerprint density at radius 2 is 1.35 bits per heavy atom. The van der Waals surface area contributed by atoms with Crippen LogP contribution in [0.15, 0.2) is 48.5 Å². The molecule has 0 aliphatic heterocycles. The fraction of sp³-hybridized carbons (Fsp3) is 0.250. The van der Waals surface area contributed by atoms with Crippen LogP contribution in [-0.2, 0) is 6.61 Å². The molecule has 106 valence electrons. The van der Waals surface area contributed by atoms with E-state index in [1.807, 2.05) is 48.5 Å². The van der Waals surface area contributed by atoms with E-state index in [-0.39, 0.29) is 18.7 Å². The number of aliphatic hydroxyl groups excluding tert-OH is 1. The number of hydrogen-bond donors (Lipinski definition) is 3. The molecule has 0 aromatic heterocycles. The van der Waals surface area contributed by atoms with Crippen molar-refractivity contribution in [3.8, 4) is 5.75 Å². The van der Waals surface area contributed by atoms with E-state index in [1.165, 1.54) is 0 Å². The number of nitrogens with two attached hydrogens (primary N) is 2. The zero-order valence-corrected chi connectivity index (χ0v) is 11.5. The minimum atomic E-state index is -0.295. The molecule has 2 aromatic rings. The van der Waals surface area contributed by atoms with Gasteiger partial charge in [-0.05, 0) is 28.8 Å². The second-order valence-corrected chi connectivity index (χ2v) is 4.72. The summed E-state index contributed by atoms with van der Waals surface area (Å²) in [5.74, 6) is 0.793. The predicted octanol–water partition coefficient (Wildman–Crippen LogP) is 1.89. The molecule has 5 N–H and O–H groups in total. The first-order valence-electron chi connectivity index (χ1n) is 6.50. The van der Waals surface area contributed by atoms with Crippen LogP contribution in [0.4, 0.5) is 0 Å². The molecular formula is C16H20N2O2. The van der Waals surface area contributed by atoms with Crippen LogP contribution in [0, 0.1) is 0 Å². The molecule has 20 heavy (non-hydrogen) atoms. The highest BCUT2D eigenvalue weighted by Crippen LogP contribution is 2.26. The maximum Gasteiger partial charge on any atom is 0.118 e. The molecule has 0 spiro atoms. The summed E-state index contributed by atoms with van der Waals surface area (Å²) in [6, 6.07) is 14.5. The molecule has 2 aromatic carbocycles. The molecule has 0 saturated carbocycles. The highest BCUT2D eigenvalue weighted by atomic mass is 16.5. The van der Waals surface area contributed by atoms with Gasteiger partial charge in [0, 0.05) is 12.1 Å². The summed E-state index contributed by atoms with van der Waals surface area (Å²) in [7, 11) is 1.63. The third kappa shape index (κ3) is 3.17. The lowest BCUT2D eigenvalue weighted by atomic mass is 9.94. The Bertz CT molecular complexity index is 486. The largest absolute Gasteiger partial charge is 0.497 e. The maximum atomic E-state index is 9.04. The Hall–Kier alpha value is -1.88. The molecule has 0 fully saturated rings. The van der Waals surface area contributed by atoms with Crippen LogP contribution in [0.5, 0.6) is 5.75 Å². The summed E-state index contributed by atoms with van der Waals surface area (Å²) >= 11 is 0. The quantitative estimate of drug-likeness (QED) is 0.776. The van der Waals surface area contributed by atoms with E-state index >= 15 is 0 Å². The lowest BCUT2D eigenvalue weighted by Crippen LogP contribution is -2.26. The standard InChI is InChI=1S/C16H20N2O2/c1-20-14-8-6-13(7-9-14)16(18)15(17)12-4-2-11(10-19)3-5-12/h2-9,15-16,19H,10,17-18H2,1H3. The minimum absolute atomic E-state index is 0.0278. The van der Waals surface area contributed by atoms with Crippen LogP contribution in [-0.4, -0.2) is 12.2 Å². The van der Waals surface area contributed by atoms with Crippen molar-refractivity contribution in [2.24, 2.45) is 11.5 Å². The lowest BCUT2D eigenvalue weighted by molar-refractivity contribution is 0.282. The van der Waals surface area contributed by atoms with E-state index < -0.39 is 0 Å². The van der Waals surface area contributed by atoms with Gasteiger partial charge < -0.3 is 21.3 Å². The lowest BCUT2D eigenvalue weighted by Gasteiger charge is -2.21. The highest BCUT2D eigenvalue weighted by Gasteiger charge is 2.17. The monoisotopic (exact) mass is 272 g/mol. The van der Waals surface area contributed by atoms with Gasteiger partial charge in [-0.2, -0.15) is 0 Å². The summed E-state index contributed by atoms with van der Waals surface area (Å²) in [5.41, 5.74) is 15.2. The number of methoxy groups -OCH3 is 1. The van der Waals surface area contributed by atoms with Crippen molar-refractivity contribution >= 4 is 0 Å². The minimum Gasteiger partial charge on any atom is -0.497 e. The van der Waals surface area contributed by atoms with Gasteiger partial charge in [0.15, 0.2) is 0 Å². The van der Waals surface area contributed by atoms with Crippen LogP contribution >= 0.6 is 0 Å². The van der Waals surface area contributed by atoms with E-state index in [2.05, 4.69) is 0 Å². The molecule has 0 saturated heterocycles. The number of aliphatic hydroxyl groups is 1. The fourth-order valence-corrected chi connectivity index (χ4v) is 2.09. The van der Waals surface area contributed by atoms with Crippen molar-refractivity contribution in [2.45, 2.75) is 18.7 Å². The molecule has 2 rings (SSSR count). The molecule has 2 atom stereocenters. The Labute approximate surface area is 119 Å². The normalized spacial score (nSPS) is 13.8. The van der Waals surface area contributed by atoms with E-state index in [1.54, 1.807) is 7.11 Å². The van der Waals surface area contributed by atoms with Gasteiger partial charge in [-0.1, -0.05) is 36.4 Å². The second-order valence-electron chi connectivity index (χ2n) is 4.72. The van der Waals surface area contributed by atoms with Crippen LogP contribution in [0.25, 0.3) is 0 Å². The Kier molecular flexibility index (Phi) is 4.74. The number of benzene rings is 2. The molecule has 4 heteroatoms. The first kappa shape index (κ1) is 14.5. The topological polar surface area (TPSA) is 81.5 Å². The third-order valence-corrected chi connectivity index (χ3v) is 3.43. The summed E-state index contributed by atoms with van der Waals surface area (Å²) in [6.07, 6.45) is 0. The van der Waals surface area contributed by atoms with Crippen LogP contribution in [0.2, 0.25) is 0 Å². The van der Waals surface area contributed by atoms with Crippen molar-refractivity contribution in [1.82, 2.24) is 0 Å². The zero-order chi connectivity index (χ0) is 14.5. The molecule has 4 nitrogen and oxygen atoms in total. The number of hydrogen-bond acceptors (Lipinski definition) is 4. The van der Waals surface area contributed by atoms with E-state index in [0.717, 1.165) is 22.4 Å². The average molecular weight is 272 g/mol. The molecule has 2 unspecified atom stereocenters. The van der Waals surface area contributed by atoms with Gasteiger partial charge in [0.05, 0.1) is 13.7 Å². The van der Waals surface area contributed by atoms with Crippen LogP contribution < -0.4 is 16.2 Å². The van der Waals surface area contributed by atoms with Gasteiger partial charge in [0.1, 0.15) is 5.75 Å². The van der Waals surface area contributed by atoms with Crippen molar-refractivity contribution in [3.63, 3.8) is 0 Å². The van der Waals surface area contributed by atoms with Crippen LogP contribution in [0.3, 0.4) is 0 Å². The zero-order valence-electron chi connectivity index (χ0n) is 11.5. The molecule has 0 amide bonds. The second kappa shape index (κ2) is 6.52. The van der Waals surface area contributed by atoms with Gasteiger partial charge in [0.25, 0.3) is 0 Å². The molecule has 0 aliphatic carbocycles. The molecular weight excluding hydrogens is 252 g/mol. The first-order valence-corrected chi connectivity index (χ1v) is 6.50. The van der Waals surface area contributed by atoms with Crippen molar-refractivity contribution in [2.75, 3.05) is 7.11 Å². The fourth-order valence-electron chi connectivity index (χ4n) is 2.09. The highest BCUT2D eigenvalue weighted by molar-refractivity contribution is 5.32. The molecule has 0 aliphatic rings. The van der Waals surface area contributed by atoms with Gasteiger partial charge in [0.2, 0.25) is 0 Å². The maximum absolute atomic E-state index is 9.04. The van der Waals surface area contributed by atoms with Gasteiger partial charge in [-0.3, -0.25) is 0 Å². The first-order chi connectivity index (χ1) is 9.65. The number of rotatable bonds is 5. The van der Waals surface area contributed by atoms with Crippen molar-refractivity contribution in [3.05, 3.63) is 65.2 Å². The average Bonchev–Trinajstić information content (AvgIpc) is 2.53. The number of ether oxygens (including phenoxy) is 1. The summed E-state index contributed by atoms with van der Waals surface area (Å²) < 4.78 is 5.12. The van der Waals surface area contributed by atoms with E-state index in [9.17, 15) is 0 Å². The summed E-state index contributed by atoms with van der Waals surface area (Å²) in [6.45, 7) is 0.0278. The summed E-state index contributed by atoms with van der Waals surface area (Å²) in [4.78, 5) is 0. The van der Waals surface area contributed by atoms with E-state index in [4.69, 9.17) is 21.3 Å². The van der Waals surface area contributed by atoms with Crippen LogP contribution in [0.1, 0.15) is 28.8 Å². The van der Waals surface area contributed by atoms with Gasteiger partial charge in [-0.25, -0.2) is 0 Å². The van der Waals surface area contributed by atoms with Gasteiger partial charge in [-0.15, -0.1) is 0 Å². The third-order valence-electron chi connectivity index (χ3n) is 3.43. The molecule has 0 bridgehead atoms. The van der Waals surface area contributed by atoms with E-state index in [0.29, 0.717) is 0 Å². The Balaban J connectivity index is 2.15. The summed E-state index contributed by atoms with van der Waals surface area (Å²) in [5, 5.41) is 9.04. The predicted molar refractivity (Wildman–Crippen MR) is 79.2 cm³/mol. The molecule has 0 radical (unpaired) electrons. The van der Waals surface area contributed by atoms with Crippen molar-refractivity contribution in [1.29, 1.82) is 0 Å². The Morgan fingerprint density at radius 1 is 0.900 bits per heavy atom. The van der Waals surface area contributed by atoms with Gasteiger partial charge >= 0.3 is 0 Å². The Morgan fingerprint density at radius 3 is 1.75 bits per heavy atom. The molecule has 0 heterocycles. The van der Waals surface area contributed by atoms with Crippen molar-refractivity contribution < 1.29 is 9.84 Å². The smallest absolute Gasteiger partial charge is 0.118 e.